The number of hydrogen-bond acceptors (Lipinski definition) is 2. The fourth-order valence-corrected chi connectivity index (χ4v) is 4.68. The fourth-order valence-electron chi connectivity index (χ4n) is 2.42. The van der Waals surface area contributed by atoms with Gasteiger partial charge < -0.3 is 9.47 Å². The van der Waals surface area contributed by atoms with Gasteiger partial charge in [0.25, 0.3) is 0 Å². The minimum absolute atomic E-state index is 0.555. The maximum atomic E-state index is 5.27. The van der Waals surface area contributed by atoms with Gasteiger partial charge in [0.15, 0.2) is 0 Å². The van der Waals surface area contributed by atoms with Crippen molar-refractivity contribution in [3.63, 3.8) is 0 Å². The molecule has 0 heterocycles. The summed E-state index contributed by atoms with van der Waals surface area (Å²) in [6.45, 7) is 0. The molecule has 0 aliphatic heterocycles. The summed E-state index contributed by atoms with van der Waals surface area (Å²) in [5, 5.41) is 3.98. The van der Waals surface area contributed by atoms with Crippen molar-refractivity contribution >= 4 is 23.8 Å². The SMILES string of the molecule is COc1ccc(P(c2ccc(OC)cc2)c2cc[cH-]c2)cc1. The van der Waals surface area contributed by atoms with Crippen LogP contribution in [0.25, 0.3) is 0 Å². The minimum Gasteiger partial charge on any atom is -0.497 e. The van der Waals surface area contributed by atoms with Gasteiger partial charge in [-0.1, -0.05) is 32.2 Å². The van der Waals surface area contributed by atoms with E-state index in [9.17, 15) is 0 Å². The van der Waals surface area contributed by atoms with E-state index in [2.05, 4.69) is 48.5 Å². The maximum Gasteiger partial charge on any atom is 0.118 e. The molecule has 0 unspecified atom stereocenters. The lowest BCUT2D eigenvalue weighted by molar-refractivity contribution is 0.415. The molecule has 2 nitrogen and oxygen atoms in total. The molecule has 0 amide bonds. The van der Waals surface area contributed by atoms with Gasteiger partial charge in [0.05, 0.1) is 14.2 Å². The third-order valence-electron chi connectivity index (χ3n) is 3.56. The molecule has 0 spiro atoms. The highest BCUT2D eigenvalue weighted by Crippen LogP contribution is 2.34. The molecule has 0 N–H and O–H groups in total. The second kappa shape index (κ2) is 6.72. The van der Waals surface area contributed by atoms with E-state index in [1.807, 2.05) is 24.3 Å². The predicted octanol–water partition coefficient (Wildman–Crippen LogP) is 3.18. The van der Waals surface area contributed by atoms with Gasteiger partial charge in [-0.05, 0) is 34.9 Å². The van der Waals surface area contributed by atoms with Crippen molar-refractivity contribution in [3.05, 3.63) is 72.8 Å². The van der Waals surface area contributed by atoms with Crippen LogP contribution in [0.4, 0.5) is 0 Å². The Bertz CT molecular complexity index is 653. The summed E-state index contributed by atoms with van der Waals surface area (Å²) in [6.07, 6.45) is 0. The Balaban J connectivity index is 2.02. The number of ether oxygens (including phenoxy) is 2. The standard InChI is InChI=1S/C19H18O2P/c1-20-15-7-11-18(12-8-15)22(17-5-3-4-6-17)19-13-9-16(21-2)10-14-19/h3-14H,1-2H3/q-1. The van der Waals surface area contributed by atoms with Gasteiger partial charge in [-0.25, -0.2) is 6.07 Å². The van der Waals surface area contributed by atoms with E-state index in [1.54, 1.807) is 14.2 Å². The average Bonchev–Trinajstić information content (AvgIpc) is 3.10. The molecule has 0 atom stereocenters. The third kappa shape index (κ3) is 3.03. The summed E-state index contributed by atoms with van der Waals surface area (Å²) in [5.41, 5.74) is 0. The second-order valence-electron chi connectivity index (χ2n) is 4.87. The number of hydrogen-bond donors (Lipinski definition) is 0. The van der Waals surface area contributed by atoms with E-state index in [4.69, 9.17) is 9.47 Å². The van der Waals surface area contributed by atoms with E-state index in [0.29, 0.717) is 0 Å². The first-order chi connectivity index (χ1) is 10.8. The first-order valence-electron chi connectivity index (χ1n) is 7.12. The molecular formula is C19H18O2P-. The van der Waals surface area contributed by atoms with Crippen molar-refractivity contribution in [2.24, 2.45) is 0 Å². The van der Waals surface area contributed by atoms with E-state index in [1.165, 1.54) is 15.9 Å². The van der Waals surface area contributed by atoms with Gasteiger partial charge in [-0.3, -0.25) is 0 Å². The zero-order chi connectivity index (χ0) is 15.4. The molecule has 112 valence electrons. The van der Waals surface area contributed by atoms with E-state index in [-0.39, 0.29) is 0 Å². The summed E-state index contributed by atoms with van der Waals surface area (Å²) in [7, 11) is 2.83. The van der Waals surface area contributed by atoms with Crippen molar-refractivity contribution in [1.82, 2.24) is 0 Å². The highest BCUT2D eigenvalue weighted by molar-refractivity contribution is 7.79. The van der Waals surface area contributed by atoms with Crippen molar-refractivity contribution < 1.29 is 9.47 Å². The molecule has 0 fully saturated rings. The maximum absolute atomic E-state index is 5.27. The van der Waals surface area contributed by atoms with Crippen LogP contribution in [0.2, 0.25) is 0 Å². The lowest BCUT2D eigenvalue weighted by Gasteiger charge is -2.23. The Morgan fingerprint density at radius 3 is 1.55 bits per heavy atom. The van der Waals surface area contributed by atoms with Crippen LogP contribution in [-0.4, -0.2) is 14.2 Å². The van der Waals surface area contributed by atoms with Crippen molar-refractivity contribution in [3.8, 4) is 11.5 Å². The Kier molecular flexibility index (Phi) is 4.50. The Labute approximate surface area is 132 Å². The molecule has 0 aliphatic rings. The van der Waals surface area contributed by atoms with Gasteiger partial charge in [0.2, 0.25) is 0 Å². The summed E-state index contributed by atoms with van der Waals surface area (Å²) in [4.78, 5) is 0. The summed E-state index contributed by atoms with van der Waals surface area (Å²) in [5.74, 6) is 1.77. The average molecular weight is 309 g/mol. The van der Waals surface area contributed by atoms with Crippen LogP contribution in [-0.2, 0) is 0 Å². The zero-order valence-corrected chi connectivity index (χ0v) is 13.6. The Morgan fingerprint density at radius 1 is 0.682 bits per heavy atom. The predicted molar refractivity (Wildman–Crippen MR) is 93.8 cm³/mol. The van der Waals surface area contributed by atoms with Gasteiger partial charge in [0, 0.05) is 0 Å². The molecule has 0 aliphatic carbocycles. The summed E-state index contributed by atoms with van der Waals surface area (Å²) in [6, 6.07) is 25.3. The molecule has 22 heavy (non-hydrogen) atoms. The molecule has 3 heteroatoms. The quantitative estimate of drug-likeness (QED) is 0.532. The van der Waals surface area contributed by atoms with E-state index in [0.717, 1.165) is 11.5 Å². The first-order valence-corrected chi connectivity index (χ1v) is 8.46. The molecule has 3 rings (SSSR count). The van der Waals surface area contributed by atoms with E-state index < -0.39 is 7.92 Å². The van der Waals surface area contributed by atoms with Crippen LogP contribution < -0.4 is 25.4 Å². The molecule has 3 aromatic carbocycles. The van der Waals surface area contributed by atoms with Crippen LogP contribution in [0.1, 0.15) is 0 Å². The Hall–Kier alpha value is -2.18. The highest BCUT2D eigenvalue weighted by Gasteiger charge is 2.11. The summed E-state index contributed by atoms with van der Waals surface area (Å²) < 4.78 is 10.5. The lowest BCUT2D eigenvalue weighted by atomic mass is 10.3. The first kappa shape index (κ1) is 14.7. The molecule has 3 aromatic rings. The third-order valence-corrected chi connectivity index (χ3v) is 6.01. The van der Waals surface area contributed by atoms with Gasteiger partial charge in [-0.2, -0.15) is 23.5 Å². The number of benzene rings is 2. The van der Waals surface area contributed by atoms with E-state index >= 15 is 0 Å². The summed E-state index contributed by atoms with van der Waals surface area (Å²) >= 11 is 0. The van der Waals surface area contributed by atoms with Gasteiger partial charge in [0.1, 0.15) is 11.5 Å². The lowest BCUT2D eigenvalue weighted by Crippen LogP contribution is -2.19. The topological polar surface area (TPSA) is 18.5 Å². The largest absolute Gasteiger partial charge is 0.497 e. The van der Waals surface area contributed by atoms with Crippen LogP contribution in [0.15, 0.2) is 72.8 Å². The monoisotopic (exact) mass is 309 g/mol. The van der Waals surface area contributed by atoms with Crippen molar-refractivity contribution in [2.75, 3.05) is 14.2 Å². The molecule has 0 aromatic heterocycles. The number of methoxy groups -OCH3 is 2. The van der Waals surface area contributed by atoms with Gasteiger partial charge in [-0.15, -0.1) is 0 Å². The van der Waals surface area contributed by atoms with Crippen molar-refractivity contribution in [1.29, 1.82) is 0 Å². The normalized spacial score (nSPS) is 10.7. The number of rotatable bonds is 5. The molecule has 0 bridgehead atoms. The van der Waals surface area contributed by atoms with Crippen LogP contribution in [0.3, 0.4) is 0 Å². The van der Waals surface area contributed by atoms with Crippen LogP contribution >= 0.6 is 7.92 Å². The van der Waals surface area contributed by atoms with Crippen molar-refractivity contribution in [2.45, 2.75) is 0 Å². The highest BCUT2D eigenvalue weighted by atomic mass is 31.1. The zero-order valence-electron chi connectivity index (χ0n) is 12.7. The van der Waals surface area contributed by atoms with Gasteiger partial charge >= 0.3 is 0 Å². The minimum atomic E-state index is -0.555. The fraction of sp³-hybridized carbons (Fsp3) is 0.105. The van der Waals surface area contributed by atoms with Crippen LogP contribution in [0.5, 0.6) is 11.5 Å². The molecular weight excluding hydrogens is 291 g/mol. The van der Waals surface area contributed by atoms with Crippen LogP contribution in [0, 0.1) is 0 Å². The smallest absolute Gasteiger partial charge is 0.118 e. The molecule has 0 saturated heterocycles. The molecule has 0 radical (unpaired) electrons. The second-order valence-corrected chi connectivity index (χ2v) is 7.09. The molecule has 0 saturated carbocycles. The Morgan fingerprint density at radius 2 is 1.18 bits per heavy atom.